The van der Waals surface area contributed by atoms with E-state index >= 15 is 4.39 Å². The molecule has 0 bridgehead atoms. The first-order valence-corrected chi connectivity index (χ1v) is 15.9. The van der Waals surface area contributed by atoms with E-state index in [2.05, 4.69) is 47.0 Å². The molecule has 0 aliphatic carbocycles. The standard InChI is InChI=1S/C41H24F2N2S/c42-28-20-17-25(18-21-28)27-19-22-30-32-13-8-14-33(40(32)46-38(30)23-27)41-44-36-15-6-7-16-37(36)45(41)39-31-12-5-4-11-29(31)35(43)24-34(39)26-9-2-1-3-10-26/h1-24H. The molecule has 0 atom stereocenters. The summed E-state index contributed by atoms with van der Waals surface area (Å²) in [6.45, 7) is 0. The van der Waals surface area contributed by atoms with E-state index in [0.29, 0.717) is 5.39 Å². The normalized spacial score (nSPS) is 11.7. The highest BCUT2D eigenvalue weighted by molar-refractivity contribution is 7.26. The maximum absolute atomic E-state index is 15.8. The first kappa shape index (κ1) is 26.7. The van der Waals surface area contributed by atoms with Crippen LogP contribution >= 0.6 is 11.3 Å². The molecule has 2 aromatic heterocycles. The number of rotatable bonds is 4. The fourth-order valence-corrected chi connectivity index (χ4v) is 7.87. The molecule has 5 heteroatoms. The number of benzene rings is 7. The summed E-state index contributed by atoms with van der Waals surface area (Å²) in [4.78, 5) is 5.26. The molecular weight excluding hydrogens is 591 g/mol. The highest BCUT2D eigenvalue weighted by Crippen LogP contribution is 2.44. The van der Waals surface area contributed by atoms with Crippen LogP contribution in [0, 0.1) is 11.6 Å². The van der Waals surface area contributed by atoms with Gasteiger partial charge in [-0.05, 0) is 59.2 Å². The Balaban J connectivity index is 1.36. The van der Waals surface area contributed by atoms with Crippen LogP contribution in [0.15, 0.2) is 146 Å². The quantitative estimate of drug-likeness (QED) is 0.193. The summed E-state index contributed by atoms with van der Waals surface area (Å²) >= 11 is 1.73. The minimum atomic E-state index is -0.257. The molecular formula is C41H24F2N2S. The van der Waals surface area contributed by atoms with Crippen LogP contribution in [-0.4, -0.2) is 9.55 Å². The zero-order valence-corrected chi connectivity index (χ0v) is 25.2. The molecule has 9 rings (SSSR count). The third kappa shape index (κ3) is 4.16. The number of nitrogens with zero attached hydrogens (tertiary/aromatic N) is 2. The Morgan fingerprint density at radius 2 is 1.24 bits per heavy atom. The van der Waals surface area contributed by atoms with E-state index in [1.165, 1.54) is 12.1 Å². The van der Waals surface area contributed by atoms with Gasteiger partial charge in [0.15, 0.2) is 0 Å². The molecule has 2 heterocycles. The maximum atomic E-state index is 15.8. The van der Waals surface area contributed by atoms with Crippen molar-refractivity contribution in [2.45, 2.75) is 0 Å². The van der Waals surface area contributed by atoms with Crippen LogP contribution in [-0.2, 0) is 0 Å². The summed E-state index contributed by atoms with van der Waals surface area (Å²) in [6.07, 6.45) is 0. The number of hydrogen-bond donors (Lipinski definition) is 0. The van der Waals surface area contributed by atoms with E-state index < -0.39 is 0 Å². The van der Waals surface area contributed by atoms with Crippen molar-refractivity contribution in [1.29, 1.82) is 0 Å². The summed E-state index contributed by atoms with van der Waals surface area (Å²) in [6, 6.07) is 46.9. The molecule has 0 aliphatic rings. The highest BCUT2D eigenvalue weighted by Gasteiger charge is 2.23. The monoisotopic (exact) mass is 614 g/mol. The molecule has 0 saturated carbocycles. The Morgan fingerprint density at radius 1 is 0.522 bits per heavy atom. The van der Waals surface area contributed by atoms with Crippen LogP contribution in [0.4, 0.5) is 8.78 Å². The molecule has 0 unspecified atom stereocenters. The third-order valence-electron chi connectivity index (χ3n) is 8.75. The molecule has 9 aromatic rings. The number of imidazole rings is 1. The number of aromatic nitrogens is 2. The van der Waals surface area contributed by atoms with Gasteiger partial charge in [-0.15, -0.1) is 11.3 Å². The van der Waals surface area contributed by atoms with Gasteiger partial charge < -0.3 is 0 Å². The van der Waals surface area contributed by atoms with Crippen LogP contribution in [0.5, 0.6) is 0 Å². The molecule has 2 nitrogen and oxygen atoms in total. The SMILES string of the molecule is Fc1ccc(-c2ccc3c(c2)sc2c(-c4nc5ccccc5n4-c4c(-c5ccccc5)cc(F)c5ccccc45)cccc23)cc1. The van der Waals surface area contributed by atoms with E-state index in [-0.39, 0.29) is 11.6 Å². The molecule has 0 radical (unpaired) electrons. The first-order valence-electron chi connectivity index (χ1n) is 15.1. The summed E-state index contributed by atoms with van der Waals surface area (Å²) in [5, 5.41) is 3.69. The van der Waals surface area contributed by atoms with E-state index in [1.807, 2.05) is 84.9 Å². The third-order valence-corrected chi connectivity index (χ3v) is 9.95. The van der Waals surface area contributed by atoms with Crippen LogP contribution in [0.25, 0.3) is 81.3 Å². The molecule has 0 spiro atoms. The predicted molar refractivity (Wildman–Crippen MR) is 188 cm³/mol. The molecule has 0 N–H and O–H groups in total. The number of thiophene rings is 1. The second kappa shape index (κ2) is 10.5. The van der Waals surface area contributed by atoms with Crippen molar-refractivity contribution in [2.75, 3.05) is 0 Å². The first-order chi connectivity index (χ1) is 22.6. The second-order valence-electron chi connectivity index (χ2n) is 11.4. The fraction of sp³-hybridized carbons (Fsp3) is 0. The van der Waals surface area contributed by atoms with Crippen molar-refractivity contribution in [3.8, 4) is 39.3 Å². The Morgan fingerprint density at radius 3 is 2.09 bits per heavy atom. The minimum absolute atomic E-state index is 0.247. The van der Waals surface area contributed by atoms with Crippen molar-refractivity contribution >= 4 is 53.3 Å². The van der Waals surface area contributed by atoms with Crippen LogP contribution in [0.1, 0.15) is 0 Å². The lowest BCUT2D eigenvalue weighted by Crippen LogP contribution is -2.03. The van der Waals surface area contributed by atoms with Crippen LogP contribution < -0.4 is 0 Å². The summed E-state index contributed by atoms with van der Waals surface area (Å²) in [5.41, 5.74) is 7.45. The van der Waals surface area contributed by atoms with Gasteiger partial charge in [0.25, 0.3) is 0 Å². The van der Waals surface area contributed by atoms with E-state index in [9.17, 15) is 4.39 Å². The molecule has 218 valence electrons. The van der Waals surface area contributed by atoms with Crippen LogP contribution in [0.3, 0.4) is 0 Å². The molecule has 7 aromatic carbocycles. The Kier molecular flexibility index (Phi) is 6.08. The van der Waals surface area contributed by atoms with E-state index in [4.69, 9.17) is 4.98 Å². The zero-order chi connectivity index (χ0) is 30.8. The molecule has 46 heavy (non-hydrogen) atoms. The van der Waals surface area contributed by atoms with Crippen molar-refractivity contribution in [2.24, 2.45) is 0 Å². The van der Waals surface area contributed by atoms with Gasteiger partial charge in [-0.1, -0.05) is 103 Å². The molecule has 0 aliphatic heterocycles. The Bertz CT molecular complexity index is 2600. The lowest BCUT2D eigenvalue weighted by molar-refractivity contribution is 0.628. The van der Waals surface area contributed by atoms with Crippen LogP contribution in [0.2, 0.25) is 0 Å². The lowest BCUT2D eigenvalue weighted by atomic mass is 9.97. The highest BCUT2D eigenvalue weighted by atomic mass is 32.1. The lowest BCUT2D eigenvalue weighted by Gasteiger charge is -2.18. The van der Waals surface area contributed by atoms with E-state index in [0.717, 1.165) is 75.9 Å². The summed E-state index contributed by atoms with van der Waals surface area (Å²) in [7, 11) is 0. The molecule has 0 saturated heterocycles. The van der Waals surface area contributed by atoms with Crippen molar-refractivity contribution in [1.82, 2.24) is 9.55 Å². The Hall–Kier alpha value is -5.65. The van der Waals surface area contributed by atoms with Crippen molar-refractivity contribution in [3.63, 3.8) is 0 Å². The van der Waals surface area contributed by atoms with Gasteiger partial charge in [0, 0.05) is 42.1 Å². The smallest absolute Gasteiger partial charge is 0.147 e. The van der Waals surface area contributed by atoms with Gasteiger partial charge in [-0.2, -0.15) is 0 Å². The molecule has 0 amide bonds. The number of fused-ring (bicyclic) bond motifs is 5. The van der Waals surface area contributed by atoms with Gasteiger partial charge in [-0.25, -0.2) is 13.8 Å². The van der Waals surface area contributed by atoms with Crippen molar-refractivity contribution < 1.29 is 8.78 Å². The fourth-order valence-electron chi connectivity index (χ4n) is 6.62. The van der Waals surface area contributed by atoms with Gasteiger partial charge in [0.2, 0.25) is 0 Å². The predicted octanol–water partition coefficient (Wildman–Crippen LogP) is 11.8. The summed E-state index contributed by atoms with van der Waals surface area (Å²) < 4.78 is 33.9. The van der Waals surface area contributed by atoms with Gasteiger partial charge in [-0.3, -0.25) is 4.57 Å². The Labute approximate surface area is 267 Å². The minimum Gasteiger partial charge on any atom is -0.291 e. The average Bonchev–Trinajstić information content (AvgIpc) is 3.67. The largest absolute Gasteiger partial charge is 0.291 e. The number of halogens is 2. The van der Waals surface area contributed by atoms with Gasteiger partial charge >= 0.3 is 0 Å². The van der Waals surface area contributed by atoms with E-state index in [1.54, 1.807) is 17.4 Å². The maximum Gasteiger partial charge on any atom is 0.147 e. The zero-order valence-electron chi connectivity index (χ0n) is 24.4. The number of para-hydroxylation sites is 2. The summed E-state index contributed by atoms with van der Waals surface area (Å²) in [5.74, 6) is 0.294. The average molecular weight is 615 g/mol. The number of hydrogen-bond acceptors (Lipinski definition) is 2. The van der Waals surface area contributed by atoms with Crippen molar-refractivity contribution in [3.05, 3.63) is 157 Å². The topological polar surface area (TPSA) is 17.8 Å². The second-order valence-corrected chi connectivity index (χ2v) is 12.5. The van der Waals surface area contributed by atoms with Gasteiger partial charge in [0.1, 0.15) is 17.5 Å². The van der Waals surface area contributed by atoms with Gasteiger partial charge in [0.05, 0.1) is 16.7 Å². The molecule has 0 fully saturated rings.